The van der Waals surface area contributed by atoms with Crippen LogP contribution in [-0.4, -0.2) is 35.7 Å². The van der Waals surface area contributed by atoms with E-state index in [-0.39, 0.29) is 17.8 Å². The van der Waals surface area contributed by atoms with Crippen LogP contribution in [0, 0.1) is 6.92 Å². The van der Waals surface area contributed by atoms with Gasteiger partial charge in [-0.15, -0.1) is 10.2 Å². The summed E-state index contributed by atoms with van der Waals surface area (Å²) in [6, 6.07) is 15.8. The zero-order valence-corrected chi connectivity index (χ0v) is 17.6. The summed E-state index contributed by atoms with van der Waals surface area (Å²) in [5.41, 5.74) is 4.14. The molecule has 4 rings (SSSR count). The van der Waals surface area contributed by atoms with E-state index >= 15 is 0 Å². The van der Waals surface area contributed by atoms with Gasteiger partial charge in [0.2, 0.25) is 5.01 Å². The third-order valence-corrected chi connectivity index (χ3v) is 6.01. The molecule has 0 radical (unpaired) electrons. The number of hydrogen-bond donors (Lipinski definition) is 1. The van der Waals surface area contributed by atoms with Crippen LogP contribution in [0.15, 0.2) is 48.5 Å². The van der Waals surface area contributed by atoms with Crippen LogP contribution in [0.5, 0.6) is 0 Å². The molecule has 0 aliphatic carbocycles. The number of nitrogens with one attached hydrogen (secondary N) is 1. The molecule has 0 saturated carbocycles. The Balaban J connectivity index is 1.41. The molecule has 3 aromatic rings. The number of carbonyl (C=O) groups excluding carboxylic acids is 2. The molecule has 7 nitrogen and oxygen atoms in total. The van der Waals surface area contributed by atoms with Crippen molar-refractivity contribution in [3.8, 4) is 0 Å². The maximum Gasteiger partial charge on any atom is 0.315 e. The molecule has 2 heterocycles. The first-order valence-corrected chi connectivity index (χ1v) is 10.4. The third kappa shape index (κ3) is 4.18. The second-order valence-corrected chi connectivity index (χ2v) is 8.25. The lowest BCUT2D eigenvalue weighted by molar-refractivity contribution is -0.142. The van der Waals surface area contributed by atoms with Crippen LogP contribution in [0.25, 0.3) is 0 Å². The number of benzene rings is 2. The lowest BCUT2D eigenvalue weighted by Crippen LogP contribution is -2.24. The number of hydrogen-bond acceptors (Lipinski definition) is 7. The highest BCUT2D eigenvalue weighted by Crippen LogP contribution is 2.37. The maximum atomic E-state index is 12.4. The second kappa shape index (κ2) is 8.62. The van der Waals surface area contributed by atoms with Crippen LogP contribution in [0.3, 0.4) is 0 Å². The van der Waals surface area contributed by atoms with E-state index in [9.17, 15) is 9.59 Å². The summed E-state index contributed by atoms with van der Waals surface area (Å²) in [5.74, 6) is -0.816. The highest BCUT2D eigenvalue weighted by molar-refractivity contribution is 7.13. The number of amides is 1. The van der Waals surface area contributed by atoms with Crippen LogP contribution < -0.4 is 10.2 Å². The van der Waals surface area contributed by atoms with E-state index in [1.54, 1.807) is 0 Å². The van der Waals surface area contributed by atoms with E-state index < -0.39 is 0 Å². The Bertz CT molecular complexity index is 1060. The normalized spacial score (nSPS) is 15.0. The Morgan fingerprint density at radius 2 is 1.93 bits per heavy atom. The molecule has 0 fully saturated rings. The lowest BCUT2D eigenvalue weighted by atomic mass is 10.0. The van der Waals surface area contributed by atoms with E-state index in [0.29, 0.717) is 24.6 Å². The molecule has 1 aliphatic heterocycles. The van der Waals surface area contributed by atoms with Crippen molar-refractivity contribution >= 4 is 28.9 Å². The van der Waals surface area contributed by atoms with Crippen LogP contribution in [0.2, 0.25) is 0 Å². The van der Waals surface area contributed by atoms with Gasteiger partial charge in [-0.3, -0.25) is 9.59 Å². The first-order chi connectivity index (χ1) is 14.5. The van der Waals surface area contributed by atoms with Crippen molar-refractivity contribution in [1.82, 2.24) is 15.5 Å². The SMILES string of the molecule is COC(=O)[C@H]1CN(Cc2nnc(C(=O)NCc3ccc(C)cc3)s2)c2ccccc21. The monoisotopic (exact) mass is 422 g/mol. The van der Waals surface area contributed by atoms with Gasteiger partial charge in [-0.1, -0.05) is 59.4 Å². The average molecular weight is 423 g/mol. The van der Waals surface area contributed by atoms with Gasteiger partial charge in [0.1, 0.15) is 10.9 Å². The summed E-state index contributed by atoms with van der Waals surface area (Å²) in [7, 11) is 1.40. The van der Waals surface area contributed by atoms with Crippen LogP contribution in [-0.2, 0) is 22.6 Å². The molecule has 0 spiro atoms. The van der Waals surface area contributed by atoms with Gasteiger partial charge in [0.15, 0.2) is 0 Å². The van der Waals surface area contributed by atoms with E-state index in [1.807, 2.05) is 55.5 Å². The molecule has 2 aromatic carbocycles. The molecule has 0 saturated heterocycles. The van der Waals surface area contributed by atoms with Gasteiger partial charge in [-0.2, -0.15) is 0 Å². The molecular weight excluding hydrogens is 400 g/mol. The van der Waals surface area contributed by atoms with Crippen molar-refractivity contribution in [1.29, 1.82) is 0 Å². The van der Waals surface area contributed by atoms with Crippen molar-refractivity contribution < 1.29 is 14.3 Å². The minimum atomic E-state index is -0.323. The summed E-state index contributed by atoms with van der Waals surface area (Å²) in [6.45, 7) is 3.46. The van der Waals surface area contributed by atoms with Crippen molar-refractivity contribution in [3.05, 3.63) is 75.2 Å². The Hall–Kier alpha value is -3.26. The topological polar surface area (TPSA) is 84.4 Å². The van der Waals surface area contributed by atoms with Crippen molar-refractivity contribution in [2.24, 2.45) is 0 Å². The van der Waals surface area contributed by atoms with Gasteiger partial charge in [0.25, 0.3) is 5.91 Å². The Morgan fingerprint density at radius 1 is 1.17 bits per heavy atom. The van der Waals surface area contributed by atoms with Crippen molar-refractivity contribution in [3.63, 3.8) is 0 Å². The molecular formula is C22H22N4O3S. The number of rotatable bonds is 6. The summed E-state index contributed by atoms with van der Waals surface area (Å²) >= 11 is 1.26. The summed E-state index contributed by atoms with van der Waals surface area (Å²) in [5, 5.41) is 12.2. The quantitative estimate of drug-likeness (QED) is 0.615. The lowest BCUT2D eigenvalue weighted by Gasteiger charge is -2.17. The Labute approximate surface area is 178 Å². The molecule has 1 atom stereocenters. The standard InChI is InChI=1S/C22H22N4O3S/c1-14-7-9-15(10-8-14)11-23-20(27)21-25-24-19(30-21)13-26-12-17(22(28)29-2)16-5-3-4-6-18(16)26/h3-10,17H,11-13H2,1-2H3,(H,23,27)/t17-/m0/s1. The first-order valence-electron chi connectivity index (χ1n) is 9.63. The number of methoxy groups -OCH3 is 1. The van der Waals surface area contributed by atoms with Gasteiger partial charge in [0, 0.05) is 18.8 Å². The van der Waals surface area contributed by atoms with E-state index in [0.717, 1.165) is 21.8 Å². The number of aryl methyl sites for hydroxylation is 1. The Morgan fingerprint density at radius 3 is 2.70 bits per heavy atom. The van der Waals surface area contributed by atoms with Crippen molar-refractivity contribution in [2.75, 3.05) is 18.6 Å². The zero-order chi connectivity index (χ0) is 21.1. The smallest absolute Gasteiger partial charge is 0.315 e. The van der Waals surface area contributed by atoms with Gasteiger partial charge in [-0.05, 0) is 24.1 Å². The summed E-state index contributed by atoms with van der Waals surface area (Å²) < 4.78 is 4.95. The van der Waals surface area contributed by atoms with Crippen LogP contribution in [0.4, 0.5) is 5.69 Å². The average Bonchev–Trinajstić information content (AvgIpc) is 3.38. The van der Waals surface area contributed by atoms with E-state index in [2.05, 4.69) is 20.4 Å². The fourth-order valence-corrected chi connectivity index (χ4v) is 4.29. The Kier molecular flexibility index (Phi) is 5.76. The number of esters is 1. The second-order valence-electron chi connectivity index (χ2n) is 7.18. The number of carbonyl (C=O) groups is 2. The van der Waals surface area contributed by atoms with Crippen molar-refractivity contribution in [2.45, 2.75) is 25.9 Å². The van der Waals surface area contributed by atoms with Gasteiger partial charge < -0.3 is 15.0 Å². The minimum Gasteiger partial charge on any atom is -0.468 e. The number of aromatic nitrogens is 2. The maximum absolute atomic E-state index is 12.4. The number of ether oxygens (including phenoxy) is 1. The molecule has 0 unspecified atom stereocenters. The molecule has 1 amide bonds. The zero-order valence-electron chi connectivity index (χ0n) is 16.8. The number of anilines is 1. The van der Waals surface area contributed by atoms with E-state index in [4.69, 9.17) is 4.74 Å². The van der Waals surface area contributed by atoms with E-state index in [1.165, 1.54) is 24.0 Å². The molecule has 0 bridgehead atoms. The molecule has 1 aromatic heterocycles. The largest absolute Gasteiger partial charge is 0.468 e. The highest BCUT2D eigenvalue weighted by Gasteiger charge is 2.34. The number of fused-ring (bicyclic) bond motifs is 1. The molecule has 8 heteroatoms. The first kappa shape index (κ1) is 20.0. The van der Waals surface area contributed by atoms with Gasteiger partial charge in [0.05, 0.1) is 13.7 Å². The fourth-order valence-electron chi connectivity index (χ4n) is 3.52. The number of para-hydroxylation sites is 1. The van der Waals surface area contributed by atoms with Gasteiger partial charge >= 0.3 is 5.97 Å². The fraction of sp³-hybridized carbons (Fsp3) is 0.273. The minimum absolute atomic E-state index is 0.242. The predicted molar refractivity (Wildman–Crippen MR) is 115 cm³/mol. The number of nitrogens with zero attached hydrogens (tertiary/aromatic N) is 3. The third-order valence-electron chi connectivity index (χ3n) is 5.10. The molecule has 1 N–H and O–H groups in total. The predicted octanol–water partition coefficient (Wildman–Crippen LogP) is 3.05. The molecule has 1 aliphatic rings. The van der Waals surface area contributed by atoms with Crippen LogP contribution >= 0.6 is 11.3 Å². The molecule has 30 heavy (non-hydrogen) atoms. The van der Waals surface area contributed by atoms with Crippen LogP contribution in [0.1, 0.15) is 37.4 Å². The summed E-state index contributed by atoms with van der Waals surface area (Å²) in [4.78, 5) is 26.7. The summed E-state index contributed by atoms with van der Waals surface area (Å²) in [6.07, 6.45) is 0. The highest BCUT2D eigenvalue weighted by atomic mass is 32.1. The van der Waals surface area contributed by atoms with Gasteiger partial charge in [-0.25, -0.2) is 0 Å². The molecule has 154 valence electrons.